The van der Waals surface area contributed by atoms with Crippen LogP contribution >= 0.6 is 0 Å². The lowest BCUT2D eigenvalue weighted by Gasteiger charge is -2.44. The predicted octanol–water partition coefficient (Wildman–Crippen LogP) is 1.07. The van der Waals surface area contributed by atoms with Crippen molar-refractivity contribution in [3.63, 3.8) is 0 Å². The molecule has 1 fully saturated rings. The van der Waals surface area contributed by atoms with Crippen LogP contribution in [0, 0.1) is 5.92 Å². The number of phenolic OH excluding ortho intramolecular Hbond substituents is 2. The molecule has 7 N–H and O–H groups in total. The van der Waals surface area contributed by atoms with Crippen LogP contribution in [0.1, 0.15) is 75.8 Å². The minimum absolute atomic E-state index is 0.00423. The predicted molar refractivity (Wildman–Crippen MR) is 136 cm³/mol. The molecule has 2 aromatic rings. The highest BCUT2D eigenvalue weighted by Crippen LogP contribution is 2.52. The number of carbonyl (C=O) groups excluding carboxylic acids is 2. The third kappa shape index (κ3) is 4.21. The summed E-state index contributed by atoms with van der Waals surface area (Å²) in [6, 6.07) is 3.33. The fourth-order valence-electron chi connectivity index (χ4n) is 6.07. The van der Waals surface area contributed by atoms with Gasteiger partial charge in [-0.05, 0) is 18.9 Å². The van der Waals surface area contributed by atoms with Crippen LogP contribution in [0.25, 0.3) is 0 Å². The highest BCUT2D eigenvalue weighted by Gasteiger charge is 2.49. The van der Waals surface area contributed by atoms with E-state index in [2.05, 4.69) is 0 Å². The number of aromatic hydroxyl groups is 2. The molecule has 1 aliphatic heterocycles. The van der Waals surface area contributed by atoms with Gasteiger partial charge in [-0.25, -0.2) is 0 Å². The van der Waals surface area contributed by atoms with Crippen molar-refractivity contribution in [3.05, 3.63) is 51.6 Å². The fourth-order valence-corrected chi connectivity index (χ4v) is 6.07. The molecule has 0 bridgehead atoms. The summed E-state index contributed by atoms with van der Waals surface area (Å²) in [5.74, 6) is -2.59. The molecular weight excluding hydrogens is 510 g/mol. The van der Waals surface area contributed by atoms with Gasteiger partial charge in [0.15, 0.2) is 12.1 Å². The van der Waals surface area contributed by atoms with E-state index in [0.717, 1.165) is 0 Å². The molecule has 2 aromatic carbocycles. The molecular formula is C28H33NO10. The maximum Gasteiger partial charge on any atom is 0.202 e. The third-order valence-corrected chi connectivity index (χ3v) is 8.30. The van der Waals surface area contributed by atoms with E-state index in [-0.39, 0.29) is 52.3 Å². The molecule has 1 saturated heterocycles. The lowest BCUT2D eigenvalue weighted by atomic mass is 9.71. The van der Waals surface area contributed by atoms with Gasteiger partial charge in [-0.1, -0.05) is 19.1 Å². The number of nitrogens with two attached hydrogens (primary N) is 1. The van der Waals surface area contributed by atoms with Crippen LogP contribution in [0.2, 0.25) is 0 Å². The molecule has 0 spiro atoms. The third-order valence-electron chi connectivity index (χ3n) is 8.30. The Labute approximate surface area is 224 Å². The molecule has 0 radical (unpaired) electrons. The van der Waals surface area contributed by atoms with E-state index in [9.17, 15) is 35.1 Å². The van der Waals surface area contributed by atoms with Crippen molar-refractivity contribution in [2.24, 2.45) is 11.7 Å². The Morgan fingerprint density at radius 2 is 1.82 bits per heavy atom. The molecule has 5 rings (SSSR count). The lowest BCUT2D eigenvalue weighted by molar-refractivity contribution is -0.256. The Hall–Kier alpha value is -3.06. The summed E-state index contributed by atoms with van der Waals surface area (Å²) in [7, 11) is 1.35. The first kappa shape index (κ1) is 27.5. The first-order valence-corrected chi connectivity index (χ1v) is 12.9. The second-order valence-electron chi connectivity index (χ2n) is 10.8. The number of aliphatic hydroxyl groups excluding tert-OH is 2. The van der Waals surface area contributed by atoms with Gasteiger partial charge in [-0.2, -0.15) is 0 Å². The second kappa shape index (κ2) is 9.84. The number of hydrogen-bond donors (Lipinski definition) is 6. The number of phenols is 2. The van der Waals surface area contributed by atoms with Gasteiger partial charge < -0.3 is 45.5 Å². The number of ether oxygens (including phenoxy) is 3. The van der Waals surface area contributed by atoms with Crippen molar-refractivity contribution in [3.8, 4) is 17.2 Å². The highest BCUT2D eigenvalue weighted by molar-refractivity contribution is 6.31. The largest absolute Gasteiger partial charge is 0.507 e. The van der Waals surface area contributed by atoms with E-state index in [1.165, 1.54) is 25.3 Å². The van der Waals surface area contributed by atoms with Gasteiger partial charge in [0.1, 0.15) is 17.2 Å². The van der Waals surface area contributed by atoms with Gasteiger partial charge in [0.2, 0.25) is 5.78 Å². The SMILES string of the molecule is COc1cccc2c1C(=O)c1c(O)c3c(c(O)c1C2=O)CC(O)(C(N)CO)CC3OC1CC(C)C(O)C(C)O1. The number of ketones is 2. The van der Waals surface area contributed by atoms with Gasteiger partial charge in [-0.3, -0.25) is 9.59 Å². The maximum atomic E-state index is 13.7. The van der Waals surface area contributed by atoms with Crippen molar-refractivity contribution in [2.75, 3.05) is 13.7 Å². The minimum Gasteiger partial charge on any atom is -0.507 e. The van der Waals surface area contributed by atoms with E-state index in [0.29, 0.717) is 6.42 Å². The van der Waals surface area contributed by atoms with Gasteiger partial charge in [0.25, 0.3) is 0 Å². The quantitative estimate of drug-likeness (QED) is 0.253. The number of benzene rings is 2. The molecule has 7 atom stereocenters. The van der Waals surface area contributed by atoms with E-state index >= 15 is 0 Å². The zero-order chi connectivity index (χ0) is 28.4. The normalized spacial score (nSPS) is 30.8. The fraction of sp³-hybridized carbons (Fsp3) is 0.500. The van der Waals surface area contributed by atoms with Crippen LogP contribution in [-0.4, -0.2) is 81.0 Å². The van der Waals surface area contributed by atoms with Crippen molar-refractivity contribution < 1.29 is 49.3 Å². The van der Waals surface area contributed by atoms with Gasteiger partial charge in [0.05, 0.1) is 60.4 Å². The van der Waals surface area contributed by atoms with Crippen LogP contribution < -0.4 is 10.5 Å². The number of aliphatic hydroxyl groups is 3. The van der Waals surface area contributed by atoms with Gasteiger partial charge in [0, 0.05) is 36.0 Å². The number of methoxy groups -OCH3 is 1. The Kier molecular flexibility index (Phi) is 6.94. The van der Waals surface area contributed by atoms with Gasteiger partial charge >= 0.3 is 0 Å². The second-order valence-corrected chi connectivity index (χ2v) is 10.8. The first-order chi connectivity index (χ1) is 18.4. The van der Waals surface area contributed by atoms with Crippen LogP contribution in [0.5, 0.6) is 17.2 Å². The molecule has 0 amide bonds. The van der Waals surface area contributed by atoms with E-state index < -0.39 is 71.5 Å². The topological polar surface area (TPSA) is 189 Å². The average molecular weight is 544 g/mol. The van der Waals surface area contributed by atoms with Crippen LogP contribution in [0.15, 0.2) is 18.2 Å². The Morgan fingerprint density at radius 3 is 2.46 bits per heavy atom. The Balaban J connectivity index is 1.68. The van der Waals surface area contributed by atoms with Crippen molar-refractivity contribution in [2.45, 2.75) is 69.4 Å². The molecule has 210 valence electrons. The van der Waals surface area contributed by atoms with Gasteiger partial charge in [-0.15, -0.1) is 0 Å². The van der Waals surface area contributed by atoms with Crippen LogP contribution in [0.3, 0.4) is 0 Å². The summed E-state index contributed by atoms with van der Waals surface area (Å²) < 4.78 is 17.3. The standard InChI is InChI=1S/C28H33NO10/c1-11-7-18(38-12(2)23(11)31)39-16-9-28(36,17(29)10-30)8-14-20(16)27(35)22-21(25(14)33)24(32)13-5-4-6-15(37-3)19(13)26(22)34/h4-6,11-12,16-18,23,30-31,33,35-36H,7-10,29H2,1-3H3. The minimum atomic E-state index is -1.79. The molecule has 3 aliphatic rings. The molecule has 2 aliphatic carbocycles. The van der Waals surface area contributed by atoms with Crippen molar-refractivity contribution in [1.82, 2.24) is 0 Å². The van der Waals surface area contributed by atoms with Crippen molar-refractivity contribution in [1.29, 1.82) is 0 Å². The van der Waals surface area contributed by atoms with E-state index in [1.807, 2.05) is 6.92 Å². The summed E-state index contributed by atoms with van der Waals surface area (Å²) in [4.78, 5) is 27.2. The van der Waals surface area contributed by atoms with Crippen LogP contribution in [-0.2, 0) is 15.9 Å². The van der Waals surface area contributed by atoms with Crippen LogP contribution in [0.4, 0.5) is 0 Å². The number of hydrogen-bond acceptors (Lipinski definition) is 11. The van der Waals surface area contributed by atoms with Crippen molar-refractivity contribution >= 4 is 11.6 Å². The molecule has 0 saturated carbocycles. The summed E-state index contributed by atoms with van der Waals surface area (Å²) in [6.07, 6.45) is -3.52. The lowest BCUT2D eigenvalue weighted by Crippen LogP contribution is -2.55. The molecule has 0 aromatic heterocycles. The summed E-state index contributed by atoms with van der Waals surface area (Å²) in [6.45, 7) is 2.95. The molecule has 39 heavy (non-hydrogen) atoms. The van der Waals surface area contributed by atoms with E-state index in [4.69, 9.17) is 19.9 Å². The zero-order valence-electron chi connectivity index (χ0n) is 21.9. The molecule has 7 unspecified atom stereocenters. The molecule has 11 heteroatoms. The van der Waals surface area contributed by atoms with E-state index in [1.54, 1.807) is 6.92 Å². The smallest absolute Gasteiger partial charge is 0.202 e. The monoisotopic (exact) mass is 543 g/mol. The number of fused-ring (bicyclic) bond motifs is 3. The molecule has 11 nitrogen and oxygen atoms in total. The highest BCUT2D eigenvalue weighted by atomic mass is 16.7. The maximum absolute atomic E-state index is 13.7. The summed E-state index contributed by atoms with van der Waals surface area (Å²) >= 11 is 0. The first-order valence-electron chi connectivity index (χ1n) is 12.9. The Morgan fingerprint density at radius 1 is 1.13 bits per heavy atom. The molecule has 1 heterocycles. The number of carbonyl (C=O) groups is 2. The zero-order valence-corrected chi connectivity index (χ0v) is 21.9. The summed E-state index contributed by atoms with van der Waals surface area (Å²) in [5.41, 5.74) is 3.47. The Bertz CT molecular complexity index is 1330. The number of rotatable bonds is 5. The summed E-state index contributed by atoms with van der Waals surface area (Å²) in [5, 5.41) is 54.5. The average Bonchev–Trinajstić information content (AvgIpc) is 2.90.